The largest absolute Gasteiger partial charge is 0.448 e. The number of halogens is 1. The second-order valence-corrected chi connectivity index (χ2v) is 2.68. The van der Waals surface area contributed by atoms with Crippen LogP contribution in [0, 0.1) is 0 Å². The summed E-state index contributed by atoms with van der Waals surface area (Å²) in [6.45, 7) is 1.23. The molecule has 0 radical (unpaired) electrons. The molecule has 1 heterocycles. The van der Waals surface area contributed by atoms with Crippen molar-refractivity contribution >= 4 is 17.7 Å². The van der Waals surface area contributed by atoms with Crippen LogP contribution in [0.3, 0.4) is 0 Å². The van der Waals surface area contributed by atoms with Crippen molar-refractivity contribution < 1.29 is 14.6 Å². The minimum Gasteiger partial charge on any atom is -0.448 e. The van der Waals surface area contributed by atoms with Crippen molar-refractivity contribution in [2.75, 3.05) is 25.6 Å². The number of amides is 1. The molecular weight excluding hydrogens is 170 g/mol. The monoisotopic (exact) mass is 179 g/mol. The smallest absolute Gasteiger partial charge is 0.410 e. The Labute approximate surface area is 69.7 Å². The standard InChI is InChI=1S/C6H10ClNO3/c7-3-5(9)4-8-1-2-11-6(8)10/h5,9H,1-4H2. The van der Waals surface area contributed by atoms with Crippen molar-refractivity contribution in [1.82, 2.24) is 4.90 Å². The van der Waals surface area contributed by atoms with Crippen molar-refractivity contribution in [3.63, 3.8) is 0 Å². The predicted molar refractivity (Wildman–Crippen MR) is 39.6 cm³/mol. The number of carbonyl (C=O) groups excluding carboxylic acids is 1. The number of aliphatic hydroxyl groups is 1. The molecule has 0 aromatic heterocycles. The summed E-state index contributed by atoms with van der Waals surface area (Å²) < 4.78 is 4.64. The molecule has 5 heteroatoms. The van der Waals surface area contributed by atoms with Crippen LogP contribution in [-0.2, 0) is 4.74 Å². The molecule has 4 nitrogen and oxygen atoms in total. The molecule has 1 amide bonds. The predicted octanol–water partition coefficient (Wildman–Crippen LogP) is 0.0383. The molecular formula is C6H10ClNO3. The SMILES string of the molecule is O=C1OCCN1CC(O)CCl. The van der Waals surface area contributed by atoms with Crippen molar-refractivity contribution in [3.05, 3.63) is 0 Å². The Kier molecular flexibility index (Phi) is 2.96. The number of β-amino-alcohol motifs (C(OH)–C–C–N with tert-alkyl or cyclic N) is 1. The van der Waals surface area contributed by atoms with E-state index in [4.69, 9.17) is 16.7 Å². The van der Waals surface area contributed by atoms with E-state index in [-0.39, 0.29) is 18.5 Å². The fourth-order valence-electron chi connectivity index (χ4n) is 0.895. The molecule has 1 N–H and O–H groups in total. The highest BCUT2D eigenvalue weighted by Crippen LogP contribution is 2.04. The second-order valence-electron chi connectivity index (χ2n) is 2.37. The van der Waals surface area contributed by atoms with Crippen LogP contribution in [0.1, 0.15) is 0 Å². The van der Waals surface area contributed by atoms with Gasteiger partial charge in [-0.1, -0.05) is 0 Å². The molecule has 0 saturated carbocycles. The topological polar surface area (TPSA) is 49.8 Å². The van der Waals surface area contributed by atoms with E-state index < -0.39 is 6.10 Å². The van der Waals surface area contributed by atoms with E-state index in [0.717, 1.165) is 0 Å². The Bertz CT molecular complexity index is 153. The van der Waals surface area contributed by atoms with Gasteiger partial charge in [0.05, 0.1) is 25.1 Å². The van der Waals surface area contributed by atoms with Gasteiger partial charge in [-0.15, -0.1) is 11.6 Å². The van der Waals surface area contributed by atoms with Gasteiger partial charge in [-0.25, -0.2) is 4.79 Å². The highest BCUT2D eigenvalue weighted by molar-refractivity contribution is 6.18. The number of hydrogen-bond acceptors (Lipinski definition) is 3. The van der Waals surface area contributed by atoms with Crippen LogP contribution in [0.15, 0.2) is 0 Å². The van der Waals surface area contributed by atoms with Crippen LogP contribution in [0.25, 0.3) is 0 Å². The first-order valence-electron chi connectivity index (χ1n) is 3.39. The molecule has 64 valence electrons. The minimum atomic E-state index is -0.651. The zero-order valence-electron chi connectivity index (χ0n) is 5.99. The van der Waals surface area contributed by atoms with E-state index in [1.807, 2.05) is 0 Å². The molecule has 1 fully saturated rings. The van der Waals surface area contributed by atoms with Gasteiger partial charge in [-0.3, -0.25) is 0 Å². The lowest BCUT2D eigenvalue weighted by Crippen LogP contribution is -2.33. The summed E-state index contributed by atoms with van der Waals surface area (Å²) in [6.07, 6.45) is -1.02. The molecule has 0 aliphatic carbocycles. The normalized spacial score (nSPS) is 20.2. The summed E-state index contributed by atoms with van der Waals surface area (Å²) in [5, 5.41) is 9.05. The van der Waals surface area contributed by atoms with Crippen LogP contribution in [-0.4, -0.2) is 47.8 Å². The number of hydrogen-bond donors (Lipinski definition) is 1. The molecule has 0 bridgehead atoms. The Morgan fingerprint density at radius 2 is 2.55 bits per heavy atom. The van der Waals surface area contributed by atoms with Crippen LogP contribution in [0.4, 0.5) is 4.79 Å². The van der Waals surface area contributed by atoms with Gasteiger partial charge in [0.15, 0.2) is 0 Å². The van der Waals surface area contributed by atoms with Crippen molar-refractivity contribution in [2.24, 2.45) is 0 Å². The zero-order valence-corrected chi connectivity index (χ0v) is 6.75. The number of aliphatic hydroxyl groups excluding tert-OH is 1. The van der Waals surface area contributed by atoms with Gasteiger partial charge < -0.3 is 14.7 Å². The average molecular weight is 180 g/mol. The summed E-state index contributed by atoms with van der Waals surface area (Å²) in [4.78, 5) is 12.2. The van der Waals surface area contributed by atoms with E-state index in [1.54, 1.807) is 0 Å². The maximum Gasteiger partial charge on any atom is 0.410 e. The number of cyclic esters (lactones) is 1. The summed E-state index contributed by atoms with van der Waals surface area (Å²) >= 11 is 5.35. The van der Waals surface area contributed by atoms with Crippen LogP contribution >= 0.6 is 11.6 Å². The van der Waals surface area contributed by atoms with E-state index in [0.29, 0.717) is 13.2 Å². The maximum atomic E-state index is 10.8. The Hall–Kier alpha value is -0.480. The Morgan fingerprint density at radius 1 is 1.82 bits per heavy atom. The number of ether oxygens (including phenoxy) is 1. The number of rotatable bonds is 3. The molecule has 1 atom stereocenters. The lowest BCUT2D eigenvalue weighted by molar-refractivity contribution is 0.128. The Morgan fingerprint density at radius 3 is 3.00 bits per heavy atom. The van der Waals surface area contributed by atoms with E-state index in [1.165, 1.54) is 4.90 Å². The molecule has 0 spiro atoms. The van der Waals surface area contributed by atoms with Crippen molar-refractivity contribution in [3.8, 4) is 0 Å². The van der Waals surface area contributed by atoms with E-state index in [2.05, 4.69) is 4.74 Å². The lowest BCUT2D eigenvalue weighted by Gasteiger charge is -2.14. The van der Waals surface area contributed by atoms with Gasteiger partial charge in [-0.2, -0.15) is 0 Å². The van der Waals surface area contributed by atoms with Gasteiger partial charge in [0.2, 0.25) is 0 Å². The Balaban J connectivity index is 2.30. The molecule has 1 saturated heterocycles. The summed E-state index contributed by atoms with van der Waals surface area (Å²) in [5.41, 5.74) is 0. The second kappa shape index (κ2) is 3.78. The fourth-order valence-corrected chi connectivity index (χ4v) is 0.992. The average Bonchev–Trinajstić information content (AvgIpc) is 2.37. The summed E-state index contributed by atoms with van der Waals surface area (Å²) in [7, 11) is 0. The summed E-state index contributed by atoms with van der Waals surface area (Å²) in [5.74, 6) is 0.143. The van der Waals surface area contributed by atoms with E-state index >= 15 is 0 Å². The zero-order chi connectivity index (χ0) is 8.27. The van der Waals surface area contributed by atoms with Crippen LogP contribution < -0.4 is 0 Å². The highest BCUT2D eigenvalue weighted by atomic mass is 35.5. The third-order valence-corrected chi connectivity index (χ3v) is 1.81. The van der Waals surface area contributed by atoms with Crippen molar-refractivity contribution in [2.45, 2.75) is 6.10 Å². The van der Waals surface area contributed by atoms with Gasteiger partial charge in [0.25, 0.3) is 0 Å². The number of nitrogens with zero attached hydrogens (tertiary/aromatic N) is 1. The first-order chi connectivity index (χ1) is 5.24. The molecule has 0 aromatic carbocycles. The number of alkyl halides is 1. The first kappa shape index (κ1) is 8.62. The van der Waals surface area contributed by atoms with E-state index in [9.17, 15) is 4.79 Å². The summed E-state index contributed by atoms with van der Waals surface area (Å²) in [6, 6.07) is 0. The van der Waals surface area contributed by atoms with Crippen molar-refractivity contribution in [1.29, 1.82) is 0 Å². The molecule has 11 heavy (non-hydrogen) atoms. The van der Waals surface area contributed by atoms with Gasteiger partial charge in [0, 0.05) is 0 Å². The first-order valence-corrected chi connectivity index (χ1v) is 3.93. The minimum absolute atomic E-state index is 0.143. The number of carbonyl (C=O) groups is 1. The third-order valence-electron chi connectivity index (χ3n) is 1.45. The van der Waals surface area contributed by atoms with Crippen LogP contribution in [0.5, 0.6) is 0 Å². The molecule has 1 rings (SSSR count). The molecule has 1 aliphatic heterocycles. The third kappa shape index (κ3) is 2.24. The van der Waals surface area contributed by atoms with Gasteiger partial charge in [0.1, 0.15) is 6.61 Å². The molecule has 1 aliphatic rings. The molecule has 1 unspecified atom stereocenters. The highest BCUT2D eigenvalue weighted by Gasteiger charge is 2.23. The molecule has 0 aromatic rings. The maximum absolute atomic E-state index is 10.8. The van der Waals surface area contributed by atoms with Gasteiger partial charge in [-0.05, 0) is 0 Å². The van der Waals surface area contributed by atoms with Gasteiger partial charge >= 0.3 is 6.09 Å². The van der Waals surface area contributed by atoms with Crippen LogP contribution in [0.2, 0.25) is 0 Å². The lowest BCUT2D eigenvalue weighted by atomic mass is 10.4. The fraction of sp³-hybridized carbons (Fsp3) is 0.833. The quantitative estimate of drug-likeness (QED) is 0.623.